The van der Waals surface area contributed by atoms with Gasteiger partial charge in [-0.05, 0) is 29.8 Å². The second-order valence-corrected chi connectivity index (χ2v) is 13.4. The van der Waals surface area contributed by atoms with E-state index in [0.29, 0.717) is 17.5 Å². The Kier molecular flexibility index (Phi) is 6.75. The molecule has 0 aliphatic heterocycles. The number of benzene rings is 7. The molecule has 0 bridgehead atoms. The van der Waals surface area contributed by atoms with Crippen molar-refractivity contribution in [2.24, 2.45) is 0 Å². The molecule has 0 saturated carbocycles. The van der Waals surface area contributed by atoms with Crippen LogP contribution in [0.25, 0.3) is 111 Å². The summed E-state index contributed by atoms with van der Waals surface area (Å²) in [7, 11) is 0. The highest BCUT2D eigenvalue weighted by Gasteiger charge is 2.18. The highest BCUT2D eigenvalue weighted by Crippen LogP contribution is 2.39. The minimum absolute atomic E-state index is 0.580. The Hall–Kier alpha value is -7.44. The second kappa shape index (κ2) is 12.1. The Balaban J connectivity index is 1.04. The molecule has 0 unspecified atom stereocenters. The lowest BCUT2D eigenvalue weighted by Crippen LogP contribution is -2.00. The number of aromatic nitrogens is 4. The van der Waals surface area contributed by atoms with Gasteiger partial charge in [0.05, 0.1) is 5.69 Å². The Bertz CT molecular complexity index is 3220. The van der Waals surface area contributed by atoms with Gasteiger partial charge >= 0.3 is 0 Å². The Morgan fingerprint density at radius 3 is 1.59 bits per heavy atom. The molecular formula is C48H28N4O2. The fourth-order valence-corrected chi connectivity index (χ4v) is 7.53. The molecule has 0 saturated heterocycles. The first kappa shape index (κ1) is 30.2. The van der Waals surface area contributed by atoms with Gasteiger partial charge in [-0.25, -0.2) is 19.9 Å². The van der Waals surface area contributed by atoms with Crippen molar-refractivity contribution >= 4 is 54.8 Å². The quantitative estimate of drug-likeness (QED) is 0.179. The second-order valence-electron chi connectivity index (χ2n) is 13.4. The number of fused-ring (bicyclic) bond motifs is 8. The predicted molar refractivity (Wildman–Crippen MR) is 217 cm³/mol. The van der Waals surface area contributed by atoms with E-state index >= 15 is 0 Å². The van der Waals surface area contributed by atoms with E-state index in [1.165, 1.54) is 0 Å². The minimum Gasteiger partial charge on any atom is -0.455 e. The third-order valence-electron chi connectivity index (χ3n) is 10.1. The average Bonchev–Trinajstić information content (AvgIpc) is 3.83. The van der Waals surface area contributed by atoms with Gasteiger partial charge in [-0.15, -0.1) is 0 Å². The maximum Gasteiger partial charge on any atom is 0.164 e. The summed E-state index contributed by atoms with van der Waals surface area (Å²) in [4.78, 5) is 20.3. The maximum absolute atomic E-state index is 6.34. The molecule has 54 heavy (non-hydrogen) atoms. The lowest BCUT2D eigenvalue weighted by molar-refractivity contribution is 0.670. The van der Waals surface area contributed by atoms with Crippen LogP contribution in [0.15, 0.2) is 179 Å². The Morgan fingerprint density at radius 1 is 0.315 bits per heavy atom. The van der Waals surface area contributed by atoms with Gasteiger partial charge < -0.3 is 8.83 Å². The molecule has 11 rings (SSSR count). The van der Waals surface area contributed by atoms with E-state index in [1.807, 2.05) is 91.0 Å². The van der Waals surface area contributed by atoms with Gasteiger partial charge in [0.1, 0.15) is 22.3 Å². The molecule has 4 aromatic heterocycles. The SMILES string of the molecule is c1ccc(-c2nc(-c3ccc(-c4cccc5c4oc4ccccc45)cc3)nc(-c3cccc(-c4nc5c6ccccc6oc5c5ccccc45)c3)n2)cc1. The summed E-state index contributed by atoms with van der Waals surface area (Å²) in [6, 6.07) is 57.5. The summed E-state index contributed by atoms with van der Waals surface area (Å²) < 4.78 is 12.7. The van der Waals surface area contributed by atoms with E-state index in [2.05, 4.69) is 78.9 Å². The molecule has 0 aliphatic rings. The van der Waals surface area contributed by atoms with Crippen molar-refractivity contribution in [3.63, 3.8) is 0 Å². The summed E-state index contributed by atoms with van der Waals surface area (Å²) in [5.41, 5.74) is 10.8. The van der Waals surface area contributed by atoms with Crippen molar-refractivity contribution in [1.82, 2.24) is 19.9 Å². The molecule has 11 aromatic rings. The number of hydrogen-bond donors (Lipinski definition) is 0. The number of hydrogen-bond acceptors (Lipinski definition) is 6. The molecule has 0 atom stereocenters. The minimum atomic E-state index is 0.580. The van der Waals surface area contributed by atoms with Gasteiger partial charge in [-0.2, -0.15) is 0 Å². The largest absolute Gasteiger partial charge is 0.455 e. The van der Waals surface area contributed by atoms with E-state index in [-0.39, 0.29) is 0 Å². The van der Waals surface area contributed by atoms with Crippen LogP contribution in [-0.2, 0) is 0 Å². The van der Waals surface area contributed by atoms with Crippen molar-refractivity contribution in [1.29, 1.82) is 0 Å². The van der Waals surface area contributed by atoms with E-state index in [0.717, 1.165) is 93.9 Å². The zero-order valence-corrected chi connectivity index (χ0v) is 28.8. The smallest absolute Gasteiger partial charge is 0.164 e. The fraction of sp³-hybridized carbons (Fsp3) is 0. The zero-order valence-electron chi connectivity index (χ0n) is 28.8. The van der Waals surface area contributed by atoms with Gasteiger partial charge in [0.2, 0.25) is 0 Å². The lowest BCUT2D eigenvalue weighted by atomic mass is 10.0. The Morgan fingerprint density at radius 2 is 0.815 bits per heavy atom. The molecule has 6 nitrogen and oxygen atoms in total. The van der Waals surface area contributed by atoms with Crippen LogP contribution in [0, 0.1) is 0 Å². The monoisotopic (exact) mass is 692 g/mol. The lowest BCUT2D eigenvalue weighted by Gasteiger charge is -2.11. The van der Waals surface area contributed by atoms with Gasteiger partial charge in [0, 0.05) is 54.7 Å². The van der Waals surface area contributed by atoms with Crippen LogP contribution in [0.1, 0.15) is 0 Å². The number of furan rings is 2. The first-order chi connectivity index (χ1) is 26.7. The van der Waals surface area contributed by atoms with Crippen LogP contribution in [0.3, 0.4) is 0 Å². The summed E-state index contributed by atoms with van der Waals surface area (Å²) in [6.07, 6.45) is 0. The third kappa shape index (κ3) is 4.89. The standard InChI is InChI=1S/C48H28N4O2/c1-2-12-30(13-3-1)46-50-47(31-26-24-29(25-27-31)34-20-11-21-37-35-16-6-8-22-40(35)53-44(34)37)52-48(51-46)33-15-10-14-32(28-33)42-36-17-4-5-18-38(36)45-43(49-42)39-19-7-9-23-41(39)54-45/h1-28H. The van der Waals surface area contributed by atoms with Crippen LogP contribution in [0.2, 0.25) is 0 Å². The van der Waals surface area contributed by atoms with Crippen molar-refractivity contribution in [2.45, 2.75) is 0 Å². The summed E-state index contributed by atoms with van der Waals surface area (Å²) in [5, 5.41) is 5.24. The van der Waals surface area contributed by atoms with Gasteiger partial charge in [0.25, 0.3) is 0 Å². The first-order valence-corrected chi connectivity index (χ1v) is 17.9. The summed E-state index contributed by atoms with van der Waals surface area (Å²) in [6.45, 7) is 0. The van der Waals surface area contributed by atoms with Crippen molar-refractivity contribution < 1.29 is 8.83 Å². The van der Waals surface area contributed by atoms with E-state index in [4.69, 9.17) is 28.8 Å². The molecule has 6 heteroatoms. The highest BCUT2D eigenvalue weighted by molar-refractivity contribution is 6.16. The molecule has 4 heterocycles. The van der Waals surface area contributed by atoms with E-state index in [1.54, 1.807) is 0 Å². The van der Waals surface area contributed by atoms with Crippen molar-refractivity contribution in [3.8, 4) is 56.5 Å². The van der Waals surface area contributed by atoms with Crippen molar-refractivity contribution in [3.05, 3.63) is 170 Å². The number of para-hydroxylation sites is 3. The molecule has 252 valence electrons. The molecule has 0 aliphatic carbocycles. The summed E-state index contributed by atoms with van der Waals surface area (Å²) in [5.74, 6) is 1.77. The average molecular weight is 693 g/mol. The fourth-order valence-electron chi connectivity index (χ4n) is 7.53. The molecule has 0 spiro atoms. The summed E-state index contributed by atoms with van der Waals surface area (Å²) >= 11 is 0. The van der Waals surface area contributed by atoms with Gasteiger partial charge in [-0.1, -0.05) is 146 Å². The first-order valence-electron chi connectivity index (χ1n) is 17.9. The van der Waals surface area contributed by atoms with E-state index in [9.17, 15) is 0 Å². The topological polar surface area (TPSA) is 77.8 Å². The van der Waals surface area contributed by atoms with Crippen LogP contribution in [-0.4, -0.2) is 19.9 Å². The van der Waals surface area contributed by atoms with Crippen molar-refractivity contribution in [2.75, 3.05) is 0 Å². The highest BCUT2D eigenvalue weighted by atomic mass is 16.3. The number of nitrogens with zero attached hydrogens (tertiary/aromatic N) is 4. The van der Waals surface area contributed by atoms with Crippen LogP contribution in [0.4, 0.5) is 0 Å². The predicted octanol–water partition coefficient (Wildman–Crippen LogP) is 12.6. The Labute approximate surface area is 309 Å². The van der Waals surface area contributed by atoms with Gasteiger partial charge in [0.15, 0.2) is 23.1 Å². The zero-order chi connectivity index (χ0) is 35.6. The number of rotatable bonds is 5. The molecule has 0 radical (unpaired) electrons. The maximum atomic E-state index is 6.34. The molecule has 0 fully saturated rings. The van der Waals surface area contributed by atoms with E-state index < -0.39 is 0 Å². The van der Waals surface area contributed by atoms with Crippen LogP contribution < -0.4 is 0 Å². The molecule has 7 aromatic carbocycles. The number of pyridine rings is 1. The third-order valence-corrected chi connectivity index (χ3v) is 10.1. The van der Waals surface area contributed by atoms with Crippen LogP contribution in [0.5, 0.6) is 0 Å². The van der Waals surface area contributed by atoms with Gasteiger partial charge in [-0.3, -0.25) is 0 Å². The van der Waals surface area contributed by atoms with Crippen LogP contribution >= 0.6 is 0 Å². The molecule has 0 N–H and O–H groups in total. The normalized spacial score (nSPS) is 11.7. The molecular weight excluding hydrogens is 665 g/mol. The molecule has 0 amide bonds.